The first-order valence-corrected chi connectivity index (χ1v) is 23.8. The zero-order valence-corrected chi connectivity index (χ0v) is 38.8. The molecule has 0 aliphatic carbocycles. The summed E-state index contributed by atoms with van der Waals surface area (Å²) >= 11 is 5.94. The number of thiocarbonyl (C=S) groups is 1. The number of benzene rings is 2. The Morgan fingerprint density at radius 3 is 2.43 bits per heavy atom. The van der Waals surface area contributed by atoms with Gasteiger partial charge in [-0.2, -0.15) is 15.1 Å². The van der Waals surface area contributed by atoms with Gasteiger partial charge >= 0.3 is 11.7 Å². The van der Waals surface area contributed by atoms with Crippen molar-refractivity contribution in [3.63, 3.8) is 0 Å². The van der Waals surface area contributed by atoms with Crippen LogP contribution in [0.15, 0.2) is 71.9 Å². The first-order valence-electron chi connectivity index (χ1n) is 23.4. The first-order chi connectivity index (χ1) is 32.8. The molecular formula is C46H59N17O3S. The minimum absolute atomic E-state index is 0.0731. The van der Waals surface area contributed by atoms with E-state index >= 15 is 0 Å². The van der Waals surface area contributed by atoms with Crippen molar-refractivity contribution in [1.82, 2.24) is 74.3 Å². The Kier molecular flexibility index (Phi) is 14.4. The maximum atomic E-state index is 12.8. The van der Waals surface area contributed by atoms with Crippen LogP contribution >= 0.6 is 12.2 Å². The van der Waals surface area contributed by atoms with Gasteiger partial charge in [0.2, 0.25) is 0 Å². The van der Waals surface area contributed by atoms with Crippen LogP contribution < -0.4 is 31.9 Å². The number of aromatic nitrogens is 11. The van der Waals surface area contributed by atoms with Gasteiger partial charge in [-0.1, -0.05) is 36.8 Å². The molecule has 2 aromatic carbocycles. The highest BCUT2D eigenvalue weighted by atomic mass is 32.1. The lowest BCUT2D eigenvalue weighted by Gasteiger charge is -2.35. The molecule has 0 spiro atoms. The minimum Gasteiger partial charge on any atom is -0.463 e. The van der Waals surface area contributed by atoms with Crippen molar-refractivity contribution in [2.24, 2.45) is 0 Å². The lowest BCUT2D eigenvalue weighted by molar-refractivity contribution is 0.129. The van der Waals surface area contributed by atoms with E-state index in [1.165, 1.54) is 10.9 Å². The maximum Gasteiger partial charge on any atom is 0.328 e. The number of hydrogen-bond acceptors (Lipinski definition) is 15. The highest BCUT2D eigenvalue weighted by Gasteiger charge is 2.28. The van der Waals surface area contributed by atoms with Crippen molar-refractivity contribution in [3.8, 4) is 28.8 Å². The lowest BCUT2D eigenvalue weighted by atomic mass is 10.1. The minimum atomic E-state index is -0.340. The molecule has 7 aromatic rings. The molecule has 2 aliphatic heterocycles. The number of nitrogens with zero attached hydrogens (tertiary/aromatic N) is 13. The summed E-state index contributed by atoms with van der Waals surface area (Å²) in [6.07, 6.45) is 10.2. The smallest absolute Gasteiger partial charge is 0.328 e. The van der Waals surface area contributed by atoms with Crippen LogP contribution in [-0.4, -0.2) is 140 Å². The van der Waals surface area contributed by atoms with E-state index in [2.05, 4.69) is 62.2 Å². The van der Waals surface area contributed by atoms with Crippen molar-refractivity contribution in [1.29, 1.82) is 0 Å². The Labute approximate surface area is 393 Å². The molecule has 0 amide bonds. The number of nitrogens with one attached hydrogen (secondary N) is 2. The number of hydrogen-bond donors (Lipinski definition) is 4. The standard InChI is InChI=1S/C46H59N17O3S/c1-2-3-27-65-44-53-41(48)39-43(54-44)62(45(64)52-39)29-33-28-61(57-55-33)22-8-7-19-58-23-25-59(26-24-58)20-10-18-49-46(67)60-21-9-11-34(30-60)63-42-37(40(47)50-31-51-42)38(56-63)32-14-16-36(17-15-32)66-35-12-5-4-6-13-35/h4-6,12-17,28,31,34H,2-3,7-11,18-27,29-30H2,1H3,(H,49,67)(H,52,64)(H2,47,50,51)(H2,48,53,54). The number of anilines is 2. The number of piperazine rings is 1. The fraction of sp³-hybridized carbons (Fsp3) is 0.457. The van der Waals surface area contributed by atoms with Gasteiger partial charge < -0.3 is 45.9 Å². The summed E-state index contributed by atoms with van der Waals surface area (Å²) in [7, 11) is 0. The molecule has 6 N–H and O–H groups in total. The molecule has 2 aliphatic rings. The molecule has 9 rings (SSSR count). The first kappa shape index (κ1) is 45.4. The van der Waals surface area contributed by atoms with E-state index in [0.717, 1.165) is 149 Å². The fourth-order valence-corrected chi connectivity index (χ4v) is 9.05. The molecule has 67 heavy (non-hydrogen) atoms. The van der Waals surface area contributed by atoms with Crippen molar-refractivity contribution in [3.05, 3.63) is 83.3 Å². The SMILES string of the molecule is CCCCOc1nc(N)c2[nH]c(=O)n(Cc3cn(CCCCN4CCN(CCCNC(=S)N5CCCC(n6nc(-c7ccc(Oc8ccccc8)cc7)c7c(N)ncnc76)C5)CC4)nn3)c2n1. The second-order valence-electron chi connectivity index (χ2n) is 17.2. The Bertz CT molecular complexity index is 2800. The van der Waals surface area contributed by atoms with Crippen LogP contribution in [-0.2, 0) is 13.1 Å². The number of piperidine rings is 1. The number of rotatable bonds is 19. The lowest BCUT2D eigenvalue weighted by Crippen LogP contribution is -2.48. The van der Waals surface area contributed by atoms with Crippen LogP contribution in [0.3, 0.4) is 0 Å². The zero-order chi connectivity index (χ0) is 46.1. The average Bonchev–Trinajstić information content (AvgIpc) is 4.06. The number of unbranched alkanes of at least 4 members (excludes halogenated alkanes) is 2. The third-order valence-corrected chi connectivity index (χ3v) is 12.8. The van der Waals surface area contributed by atoms with Gasteiger partial charge in [0.25, 0.3) is 0 Å². The molecule has 20 nitrogen and oxygen atoms in total. The summed E-state index contributed by atoms with van der Waals surface area (Å²) in [5.74, 6) is 2.09. The highest BCUT2D eigenvalue weighted by molar-refractivity contribution is 7.80. The molecule has 5 aromatic heterocycles. The van der Waals surface area contributed by atoms with Crippen LogP contribution in [0.5, 0.6) is 17.5 Å². The summed E-state index contributed by atoms with van der Waals surface area (Å²) < 4.78 is 17.0. The molecule has 21 heteroatoms. The Hall–Kier alpha value is -6.71. The van der Waals surface area contributed by atoms with Gasteiger partial charge in [0, 0.05) is 57.9 Å². The molecule has 1 unspecified atom stereocenters. The number of H-pyrrole nitrogens is 1. The summed E-state index contributed by atoms with van der Waals surface area (Å²) in [6, 6.07) is 17.8. The predicted octanol–water partition coefficient (Wildman–Crippen LogP) is 4.70. The molecule has 7 heterocycles. The molecule has 2 saturated heterocycles. The van der Waals surface area contributed by atoms with Gasteiger partial charge in [-0.05, 0) is 100 Å². The summed E-state index contributed by atoms with van der Waals surface area (Å²) in [5.41, 5.74) is 16.1. The van der Waals surface area contributed by atoms with Crippen LogP contribution in [0.4, 0.5) is 11.6 Å². The molecule has 0 radical (unpaired) electrons. The predicted molar refractivity (Wildman–Crippen MR) is 261 cm³/mol. The third kappa shape index (κ3) is 11.0. The summed E-state index contributed by atoms with van der Waals surface area (Å²) in [5, 5.41) is 18.8. The maximum absolute atomic E-state index is 12.8. The van der Waals surface area contributed by atoms with Crippen molar-refractivity contribution >= 4 is 51.2 Å². The number of likely N-dealkylation sites (tertiary alicyclic amines) is 1. The summed E-state index contributed by atoms with van der Waals surface area (Å²) in [6.45, 7) is 12.3. The van der Waals surface area contributed by atoms with E-state index in [1.54, 1.807) is 0 Å². The third-order valence-electron chi connectivity index (χ3n) is 12.4. The number of imidazole rings is 1. The summed E-state index contributed by atoms with van der Waals surface area (Å²) in [4.78, 5) is 40.5. The van der Waals surface area contributed by atoms with Gasteiger partial charge in [0.1, 0.15) is 40.5 Å². The highest BCUT2D eigenvalue weighted by Crippen LogP contribution is 2.35. The largest absolute Gasteiger partial charge is 0.463 e. The molecule has 352 valence electrons. The number of nitrogen functional groups attached to an aromatic ring is 2. The van der Waals surface area contributed by atoms with Crippen molar-refractivity contribution in [2.75, 3.05) is 77.0 Å². The molecular weight excluding hydrogens is 871 g/mol. The Morgan fingerprint density at radius 2 is 1.64 bits per heavy atom. The topological polar surface area (TPSA) is 230 Å². The zero-order valence-electron chi connectivity index (χ0n) is 38.0. The quantitative estimate of drug-likeness (QED) is 0.0636. The van der Waals surface area contributed by atoms with Crippen molar-refractivity contribution < 1.29 is 9.47 Å². The normalized spacial score (nSPS) is 16.0. The van der Waals surface area contributed by atoms with Gasteiger partial charge in [-0.15, -0.1) is 5.10 Å². The van der Waals surface area contributed by atoms with E-state index in [4.69, 9.17) is 38.3 Å². The van der Waals surface area contributed by atoms with E-state index in [1.807, 2.05) is 70.2 Å². The molecule has 0 saturated carbocycles. The fourth-order valence-electron chi connectivity index (χ4n) is 8.78. The molecule has 2 fully saturated rings. The van der Waals surface area contributed by atoms with E-state index in [-0.39, 0.29) is 30.1 Å². The van der Waals surface area contributed by atoms with Gasteiger partial charge in [-0.25, -0.2) is 19.4 Å². The number of aryl methyl sites for hydroxylation is 1. The van der Waals surface area contributed by atoms with Crippen molar-refractivity contribution in [2.45, 2.75) is 71.0 Å². The monoisotopic (exact) mass is 929 g/mol. The van der Waals surface area contributed by atoms with Gasteiger partial charge in [0.15, 0.2) is 22.2 Å². The number of fused-ring (bicyclic) bond motifs is 2. The molecule has 0 bridgehead atoms. The van der Waals surface area contributed by atoms with E-state index in [0.29, 0.717) is 29.3 Å². The van der Waals surface area contributed by atoms with Crippen LogP contribution in [0, 0.1) is 0 Å². The number of nitrogens with two attached hydrogens (primary N) is 2. The molecule has 1 atom stereocenters. The number of ether oxygens (including phenoxy) is 2. The Balaban J connectivity index is 0.684. The second-order valence-corrected chi connectivity index (χ2v) is 17.6. The van der Waals surface area contributed by atoms with Gasteiger partial charge in [-0.3, -0.25) is 9.25 Å². The van der Waals surface area contributed by atoms with Crippen LogP contribution in [0.25, 0.3) is 33.5 Å². The van der Waals surface area contributed by atoms with E-state index < -0.39 is 0 Å². The van der Waals surface area contributed by atoms with Gasteiger partial charge in [0.05, 0.1) is 30.8 Å². The van der Waals surface area contributed by atoms with Crippen LogP contribution in [0.1, 0.15) is 63.6 Å². The average molecular weight is 930 g/mol. The number of aromatic amines is 1. The van der Waals surface area contributed by atoms with Crippen LogP contribution in [0.2, 0.25) is 0 Å². The Morgan fingerprint density at radius 1 is 0.881 bits per heavy atom. The second kappa shape index (κ2) is 21.3. The number of para-hydroxylation sites is 1. The van der Waals surface area contributed by atoms with E-state index in [9.17, 15) is 4.79 Å².